The first-order chi connectivity index (χ1) is 14.1. The summed E-state index contributed by atoms with van der Waals surface area (Å²) in [7, 11) is 0. The van der Waals surface area contributed by atoms with Gasteiger partial charge in [0, 0.05) is 34.9 Å². The number of hydrogen-bond donors (Lipinski definition) is 0. The van der Waals surface area contributed by atoms with Crippen LogP contribution in [0.25, 0.3) is 28.2 Å². The summed E-state index contributed by atoms with van der Waals surface area (Å²) < 4.78 is 4.02. The van der Waals surface area contributed by atoms with Crippen LogP contribution in [0.5, 0.6) is 0 Å². The predicted octanol–water partition coefficient (Wildman–Crippen LogP) is 6.26. The van der Waals surface area contributed by atoms with Gasteiger partial charge in [-0.05, 0) is 37.1 Å². The van der Waals surface area contributed by atoms with E-state index in [1.807, 2.05) is 78.7 Å². The monoisotopic (exact) mass is 400 g/mol. The quantitative estimate of drug-likeness (QED) is 0.371. The number of fused-ring (bicyclic) bond motifs is 1. The first-order valence-electron chi connectivity index (χ1n) is 9.61. The lowest BCUT2D eigenvalue weighted by Gasteiger charge is -2.01. The van der Waals surface area contributed by atoms with Crippen molar-refractivity contribution < 1.29 is 0 Å². The van der Waals surface area contributed by atoms with Crippen molar-refractivity contribution in [2.75, 3.05) is 0 Å². The molecule has 0 radical (unpaired) electrons. The van der Waals surface area contributed by atoms with Gasteiger partial charge in [0.25, 0.3) is 0 Å². The van der Waals surface area contributed by atoms with Gasteiger partial charge in [-0.15, -0.1) is 0 Å². The summed E-state index contributed by atoms with van der Waals surface area (Å²) in [5.74, 6) is 0. The van der Waals surface area contributed by atoms with Gasteiger partial charge in [-0.2, -0.15) is 10.4 Å². The summed E-state index contributed by atoms with van der Waals surface area (Å²) in [6.07, 6.45) is 8.89. The summed E-state index contributed by atoms with van der Waals surface area (Å²) >= 11 is 6.28. The van der Waals surface area contributed by atoms with Gasteiger partial charge in [0.2, 0.25) is 0 Å². The zero-order valence-electron chi connectivity index (χ0n) is 16.4. The Morgan fingerprint density at radius 3 is 2.69 bits per heavy atom. The van der Waals surface area contributed by atoms with Gasteiger partial charge in [-0.3, -0.25) is 4.68 Å². The van der Waals surface area contributed by atoms with E-state index >= 15 is 0 Å². The molecule has 0 saturated heterocycles. The van der Waals surface area contributed by atoms with Crippen LogP contribution in [0, 0.1) is 18.3 Å². The third-order valence-electron chi connectivity index (χ3n) is 4.93. The van der Waals surface area contributed by atoms with Crippen molar-refractivity contribution in [1.29, 1.82) is 5.26 Å². The van der Waals surface area contributed by atoms with Crippen LogP contribution in [0.4, 0.5) is 0 Å². The number of halogens is 1. The Balaban J connectivity index is 1.86. The zero-order chi connectivity index (χ0) is 20.4. The number of nitriles is 1. The van der Waals surface area contributed by atoms with Gasteiger partial charge in [-0.25, -0.2) is 0 Å². The highest BCUT2D eigenvalue weighted by molar-refractivity contribution is 6.31. The van der Waals surface area contributed by atoms with Crippen LogP contribution in [0.3, 0.4) is 0 Å². The number of rotatable bonds is 5. The van der Waals surface area contributed by atoms with Crippen molar-refractivity contribution in [2.45, 2.75) is 26.8 Å². The molecule has 2 aromatic heterocycles. The Hall–Kier alpha value is -3.29. The molecular formula is C24H21ClN4. The van der Waals surface area contributed by atoms with Crippen LogP contribution < -0.4 is 0 Å². The van der Waals surface area contributed by atoms with Gasteiger partial charge in [0.05, 0.1) is 29.0 Å². The Labute approximate surface area is 175 Å². The molecular weight excluding hydrogens is 380 g/mol. The molecule has 4 rings (SSSR count). The lowest BCUT2D eigenvalue weighted by atomic mass is 10.0. The molecule has 0 amide bonds. The van der Waals surface area contributed by atoms with Crippen molar-refractivity contribution in [2.24, 2.45) is 0 Å². The minimum Gasteiger partial charge on any atom is -0.313 e. The Morgan fingerprint density at radius 2 is 1.97 bits per heavy atom. The van der Waals surface area contributed by atoms with Crippen molar-refractivity contribution in [1.82, 2.24) is 14.3 Å². The van der Waals surface area contributed by atoms with Gasteiger partial charge < -0.3 is 4.57 Å². The molecule has 0 aliphatic rings. The maximum absolute atomic E-state index is 9.75. The molecule has 0 aliphatic heterocycles. The number of nitrogens with zero attached hydrogens (tertiary/aromatic N) is 4. The molecule has 2 heterocycles. The second-order valence-electron chi connectivity index (χ2n) is 7.11. The second-order valence-corrected chi connectivity index (χ2v) is 7.55. The summed E-state index contributed by atoms with van der Waals surface area (Å²) in [6, 6.07) is 16.2. The Morgan fingerprint density at radius 1 is 1.17 bits per heavy atom. The molecule has 0 bridgehead atoms. The number of allylic oxidation sites excluding steroid dienone is 1. The Kier molecular flexibility index (Phi) is 5.24. The van der Waals surface area contributed by atoms with Gasteiger partial charge in [-0.1, -0.05) is 54.4 Å². The average Bonchev–Trinajstić information content (AvgIpc) is 3.31. The molecule has 5 heteroatoms. The highest BCUT2D eigenvalue weighted by atomic mass is 35.5. The van der Waals surface area contributed by atoms with Gasteiger partial charge >= 0.3 is 0 Å². The molecule has 0 unspecified atom stereocenters. The molecule has 4 nitrogen and oxygen atoms in total. The third kappa shape index (κ3) is 3.83. The van der Waals surface area contributed by atoms with Crippen LogP contribution in [0.15, 0.2) is 61.1 Å². The molecule has 0 spiro atoms. The van der Waals surface area contributed by atoms with Crippen LogP contribution in [-0.2, 0) is 6.54 Å². The summed E-state index contributed by atoms with van der Waals surface area (Å²) in [5, 5.41) is 15.9. The molecule has 0 N–H and O–H groups in total. The lowest BCUT2D eigenvalue weighted by Crippen LogP contribution is -1.96. The minimum absolute atomic E-state index is 0.626. The van der Waals surface area contributed by atoms with E-state index in [1.165, 1.54) is 5.56 Å². The average molecular weight is 401 g/mol. The minimum atomic E-state index is 0.626. The fraction of sp³-hybridized carbons (Fsp3) is 0.167. The number of benzene rings is 2. The molecule has 0 fully saturated rings. The predicted molar refractivity (Wildman–Crippen MR) is 119 cm³/mol. The lowest BCUT2D eigenvalue weighted by molar-refractivity contribution is 0.602. The molecule has 0 atom stereocenters. The number of aromatic nitrogens is 3. The van der Waals surface area contributed by atoms with Gasteiger partial charge in [0.1, 0.15) is 0 Å². The molecule has 29 heavy (non-hydrogen) atoms. The summed E-state index contributed by atoms with van der Waals surface area (Å²) in [5.41, 5.74) is 5.63. The molecule has 4 aromatic rings. The van der Waals surface area contributed by atoms with Crippen molar-refractivity contribution >= 4 is 34.2 Å². The Bertz CT molecular complexity index is 1240. The van der Waals surface area contributed by atoms with E-state index in [0.717, 1.165) is 40.7 Å². The maximum Gasteiger partial charge on any atom is 0.0998 e. The molecule has 144 valence electrons. The maximum atomic E-state index is 9.75. The van der Waals surface area contributed by atoms with E-state index in [0.29, 0.717) is 10.6 Å². The SMILES string of the molecule is CCCn1cc(-n2cc(/C=C(\C#N)c3ccc(C)cc3)c3ccc(Cl)cc32)cn1. The van der Waals surface area contributed by atoms with Crippen molar-refractivity contribution in [3.8, 4) is 11.8 Å². The van der Waals surface area contributed by atoms with Crippen molar-refractivity contribution in [3.63, 3.8) is 0 Å². The molecule has 0 aliphatic carbocycles. The van der Waals surface area contributed by atoms with E-state index in [9.17, 15) is 5.26 Å². The third-order valence-corrected chi connectivity index (χ3v) is 5.17. The standard InChI is InChI=1S/C24H21ClN4/c1-3-10-28-16-22(14-27-28)29-15-20(23-9-8-21(25)12-24(23)29)11-19(13-26)18-6-4-17(2)5-7-18/h4-9,11-12,14-16H,3,10H2,1-2H3/b19-11+. The van der Waals surface area contributed by atoms with Crippen LogP contribution in [0.2, 0.25) is 5.02 Å². The number of hydrogen-bond acceptors (Lipinski definition) is 2. The van der Waals surface area contributed by atoms with Crippen LogP contribution in [-0.4, -0.2) is 14.3 Å². The van der Waals surface area contributed by atoms with Gasteiger partial charge in [0.15, 0.2) is 0 Å². The van der Waals surface area contributed by atoms with E-state index in [4.69, 9.17) is 11.6 Å². The topological polar surface area (TPSA) is 46.5 Å². The second kappa shape index (κ2) is 7.98. The highest BCUT2D eigenvalue weighted by Gasteiger charge is 2.12. The summed E-state index contributed by atoms with van der Waals surface area (Å²) in [6.45, 7) is 5.04. The molecule has 0 saturated carbocycles. The van der Waals surface area contributed by atoms with Crippen LogP contribution in [0.1, 0.15) is 30.0 Å². The number of aryl methyl sites for hydroxylation is 2. The largest absolute Gasteiger partial charge is 0.313 e. The van der Waals surface area contributed by atoms with Crippen molar-refractivity contribution in [3.05, 3.63) is 82.8 Å². The van der Waals surface area contributed by atoms with E-state index in [1.54, 1.807) is 0 Å². The first kappa shape index (κ1) is 19.0. The van der Waals surface area contributed by atoms with E-state index < -0.39 is 0 Å². The smallest absolute Gasteiger partial charge is 0.0998 e. The molecule has 2 aromatic carbocycles. The fourth-order valence-corrected chi connectivity index (χ4v) is 3.62. The van der Waals surface area contributed by atoms with E-state index in [2.05, 4.69) is 22.7 Å². The van der Waals surface area contributed by atoms with Crippen LogP contribution >= 0.6 is 11.6 Å². The highest BCUT2D eigenvalue weighted by Crippen LogP contribution is 2.30. The first-order valence-corrected chi connectivity index (χ1v) is 9.99. The summed E-state index contributed by atoms with van der Waals surface area (Å²) in [4.78, 5) is 0. The fourth-order valence-electron chi connectivity index (χ4n) is 3.45. The van der Waals surface area contributed by atoms with E-state index in [-0.39, 0.29) is 0 Å². The zero-order valence-corrected chi connectivity index (χ0v) is 17.2. The normalized spacial score (nSPS) is 11.7.